The van der Waals surface area contributed by atoms with Gasteiger partial charge in [0.1, 0.15) is 12.4 Å². The lowest BCUT2D eigenvalue weighted by molar-refractivity contribution is 0.103. The van der Waals surface area contributed by atoms with E-state index in [4.69, 9.17) is 4.74 Å². The highest BCUT2D eigenvalue weighted by Gasteiger charge is 2.14. The van der Waals surface area contributed by atoms with Crippen molar-refractivity contribution in [1.82, 2.24) is 14.8 Å². The number of thiazole rings is 1. The van der Waals surface area contributed by atoms with Crippen molar-refractivity contribution in [1.29, 1.82) is 0 Å². The van der Waals surface area contributed by atoms with Gasteiger partial charge in [-0.25, -0.2) is 4.98 Å². The number of carbonyl (C=O) groups is 1. The van der Waals surface area contributed by atoms with E-state index in [1.54, 1.807) is 4.68 Å². The van der Waals surface area contributed by atoms with Gasteiger partial charge < -0.3 is 4.74 Å². The number of aromatic nitrogens is 3. The molecular formula is C24H20N4O2S2. The van der Waals surface area contributed by atoms with Gasteiger partial charge in [0, 0.05) is 29.8 Å². The third-order valence-corrected chi connectivity index (χ3v) is 6.75. The molecule has 8 heteroatoms. The highest BCUT2D eigenvalue weighted by molar-refractivity contribution is 7.14. The molecular weight excluding hydrogens is 440 g/mol. The Bertz CT molecular complexity index is 1420. The molecule has 6 nitrogen and oxygen atoms in total. The van der Waals surface area contributed by atoms with Gasteiger partial charge >= 0.3 is 0 Å². The Balaban J connectivity index is 1.22. The summed E-state index contributed by atoms with van der Waals surface area (Å²) in [4.78, 5) is 17.8. The number of benzene rings is 2. The fraction of sp³-hybridized carbons (Fsp3) is 0.125. The number of aryl methyl sites for hydroxylation is 2. The molecule has 0 fully saturated rings. The van der Waals surface area contributed by atoms with Crippen LogP contribution >= 0.6 is 22.7 Å². The Labute approximate surface area is 193 Å². The minimum absolute atomic E-state index is 0.171. The number of anilines is 1. The van der Waals surface area contributed by atoms with Gasteiger partial charge in [0.2, 0.25) is 0 Å². The standard InChI is InChI=1S/C24H20N4O2S2/c1-15-20(11-28(2)27-15)21-14-32-24(25-21)26-23(29)22-9-16(13-31-22)12-30-19-8-7-17-5-3-4-6-18(17)10-19/h3-11,13-14H,12H2,1-2H3,(H,25,26,29). The van der Waals surface area contributed by atoms with Crippen LogP contribution in [-0.2, 0) is 13.7 Å². The molecule has 0 aliphatic rings. The average molecular weight is 461 g/mol. The highest BCUT2D eigenvalue weighted by atomic mass is 32.1. The van der Waals surface area contributed by atoms with E-state index >= 15 is 0 Å². The first kappa shape index (κ1) is 20.4. The van der Waals surface area contributed by atoms with Crippen LogP contribution in [0.4, 0.5) is 5.13 Å². The first-order valence-electron chi connectivity index (χ1n) is 10.0. The number of carbonyl (C=O) groups excluding carboxylic acids is 1. The molecule has 0 unspecified atom stereocenters. The molecule has 0 saturated heterocycles. The second-order valence-corrected chi connectivity index (χ2v) is 9.18. The topological polar surface area (TPSA) is 69.0 Å². The minimum Gasteiger partial charge on any atom is -0.489 e. The number of fused-ring (bicyclic) bond motifs is 1. The predicted octanol–water partition coefficient (Wildman–Crippen LogP) is 5.90. The van der Waals surface area contributed by atoms with Crippen molar-refractivity contribution >= 4 is 44.5 Å². The van der Waals surface area contributed by atoms with E-state index in [1.165, 1.54) is 28.1 Å². The largest absolute Gasteiger partial charge is 0.489 e. The van der Waals surface area contributed by atoms with E-state index < -0.39 is 0 Å². The molecule has 3 heterocycles. The molecule has 1 amide bonds. The van der Waals surface area contributed by atoms with Crippen LogP contribution in [0.5, 0.6) is 5.75 Å². The van der Waals surface area contributed by atoms with Crippen LogP contribution in [0, 0.1) is 6.92 Å². The van der Waals surface area contributed by atoms with Crippen LogP contribution < -0.4 is 10.1 Å². The van der Waals surface area contributed by atoms with E-state index in [1.807, 2.05) is 67.3 Å². The lowest BCUT2D eigenvalue weighted by atomic mass is 10.1. The van der Waals surface area contributed by atoms with E-state index in [9.17, 15) is 4.79 Å². The second kappa shape index (κ2) is 8.57. The normalized spacial score (nSPS) is 11.1. The maximum absolute atomic E-state index is 12.7. The highest BCUT2D eigenvalue weighted by Crippen LogP contribution is 2.28. The zero-order valence-corrected chi connectivity index (χ0v) is 19.2. The lowest BCUT2D eigenvalue weighted by Gasteiger charge is -2.06. The van der Waals surface area contributed by atoms with Crippen LogP contribution in [0.1, 0.15) is 20.9 Å². The summed E-state index contributed by atoms with van der Waals surface area (Å²) in [6, 6.07) is 16.1. The van der Waals surface area contributed by atoms with Gasteiger partial charge in [0.25, 0.3) is 5.91 Å². The third kappa shape index (κ3) is 4.28. The van der Waals surface area contributed by atoms with Gasteiger partial charge in [0.05, 0.1) is 16.3 Å². The van der Waals surface area contributed by atoms with Crippen molar-refractivity contribution in [2.45, 2.75) is 13.5 Å². The molecule has 3 aromatic heterocycles. The molecule has 1 N–H and O–H groups in total. The first-order chi connectivity index (χ1) is 15.5. The second-order valence-electron chi connectivity index (χ2n) is 7.41. The monoisotopic (exact) mass is 460 g/mol. The number of amides is 1. The zero-order valence-electron chi connectivity index (χ0n) is 17.5. The molecule has 0 saturated carbocycles. The van der Waals surface area contributed by atoms with Crippen molar-refractivity contribution in [2.24, 2.45) is 7.05 Å². The summed E-state index contributed by atoms with van der Waals surface area (Å²) in [5.74, 6) is 0.637. The zero-order chi connectivity index (χ0) is 22.1. The van der Waals surface area contributed by atoms with E-state index in [0.29, 0.717) is 16.6 Å². The minimum atomic E-state index is -0.171. The number of thiophene rings is 1. The summed E-state index contributed by atoms with van der Waals surface area (Å²) in [6.07, 6.45) is 1.93. The Kier molecular flexibility index (Phi) is 5.46. The number of rotatable bonds is 6. The van der Waals surface area contributed by atoms with Crippen LogP contribution in [-0.4, -0.2) is 20.7 Å². The number of nitrogens with one attached hydrogen (secondary N) is 1. The summed E-state index contributed by atoms with van der Waals surface area (Å²) < 4.78 is 7.69. The lowest BCUT2D eigenvalue weighted by Crippen LogP contribution is -2.09. The van der Waals surface area contributed by atoms with E-state index in [-0.39, 0.29) is 5.91 Å². The van der Waals surface area contributed by atoms with Gasteiger partial charge in [0.15, 0.2) is 5.13 Å². The van der Waals surface area contributed by atoms with Gasteiger partial charge in [-0.15, -0.1) is 22.7 Å². The number of hydrogen-bond donors (Lipinski definition) is 1. The first-order valence-corrected chi connectivity index (χ1v) is 11.8. The number of ether oxygens (including phenoxy) is 1. The van der Waals surface area contributed by atoms with Gasteiger partial charge in [-0.05, 0) is 41.3 Å². The number of nitrogens with zero attached hydrogens (tertiary/aromatic N) is 3. The maximum Gasteiger partial charge on any atom is 0.267 e. The van der Waals surface area contributed by atoms with Crippen molar-refractivity contribution in [3.05, 3.63) is 81.6 Å². The smallest absolute Gasteiger partial charge is 0.267 e. The Morgan fingerprint density at radius 1 is 1.09 bits per heavy atom. The molecule has 0 radical (unpaired) electrons. The van der Waals surface area contributed by atoms with Gasteiger partial charge in [-0.3, -0.25) is 14.8 Å². The fourth-order valence-electron chi connectivity index (χ4n) is 3.46. The van der Waals surface area contributed by atoms with Gasteiger partial charge in [-0.2, -0.15) is 5.10 Å². The molecule has 5 rings (SSSR count). The molecule has 160 valence electrons. The quantitative estimate of drug-likeness (QED) is 0.343. The summed E-state index contributed by atoms with van der Waals surface area (Å²) in [5, 5.41) is 14.0. The van der Waals surface area contributed by atoms with Crippen molar-refractivity contribution in [3.8, 4) is 17.0 Å². The Hall–Kier alpha value is -3.49. The number of hydrogen-bond acceptors (Lipinski definition) is 6. The molecule has 2 aromatic carbocycles. The Morgan fingerprint density at radius 3 is 2.75 bits per heavy atom. The van der Waals surface area contributed by atoms with E-state index in [2.05, 4.69) is 27.5 Å². The van der Waals surface area contributed by atoms with E-state index in [0.717, 1.165) is 33.7 Å². The summed E-state index contributed by atoms with van der Waals surface area (Å²) in [6.45, 7) is 2.35. The predicted molar refractivity (Wildman–Crippen MR) is 130 cm³/mol. The van der Waals surface area contributed by atoms with Crippen LogP contribution in [0.3, 0.4) is 0 Å². The third-order valence-electron chi connectivity index (χ3n) is 5.02. The van der Waals surface area contributed by atoms with Crippen LogP contribution in [0.2, 0.25) is 0 Å². The molecule has 0 atom stereocenters. The fourth-order valence-corrected chi connectivity index (χ4v) is 4.96. The molecule has 0 aliphatic heterocycles. The van der Waals surface area contributed by atoms with Crippen molar-refractivity contribution in [3.63, 3.8) is 0 Å². The summed E-state index contributed by atoms with van der Waals surface area (Å²) >= 11 is 2.80. The summed E-state index contributed by atoms with van der Waals surface area (Å²) in [7, 11) is 1.88. The molecule has 0 aliphatic carbocycles. The van der Waals surface area contributed by atoms with Crippen molar-refractivity contribution in [2.75, 3.05) is 5.32 Å². The van der Waals surface area contributed by atoms with Crippen LogP contribution in [0.25, 0.3) is 22.0 Å². The molecule has 0 bridgehead atoms. The Morgan fingerprint density at radius 2 is 1.94 bits per heavy atom. The van der Waals surface area contributed by atoms with Crippen molar-refractivity contribution < 1.29 is 9.53 Å². The molecule has 0 spiro atoms. The average Bonchev–Trinajstić information content (AvgIpc) is 3.52. The SMILES string of the molecule is Cc1nn(C)cc1-c1csc(NC(=O)c2cc(COc3ccc4ccccc4c3)cs2)n1. The summed E-state index contributed by atoms with van der Waals surface area (Å²) in [5.41, 5.74) is 3.64. The molecule has 32 heavy (non-hydrogen) atoms. The van der Waals surface area contributed by atoms with Crippen LogP contribution in [0.15, 0.2) is 65.5 Å². The van der Waals surface area contributed by atoms with Gasteiger partial charge in [-0.1, -0.05) is 30.3 Å². The molecule has 5 aromatic rings. The maximum atomic E-state index is 12.7.